The second-order valence-corrected chi connectivity index (χ2v) is 5.50. The van der Waals surface area contributed by atoms with E-state index in [1.165, 1.54) is 12.1 Å². The van der Waals surface area contributed by atoms with Crippen molar-refractivity contribution in [2.24, 2.45) is 0 Å². The van der Waals surface area contributed by atoms with Crippen molar-refractivity contribution in [3.05, 3.63) is 40.7 Å². The minimum atomic E-state index is -2.83. The molecule has 1 aromatic heterocycles. The third kappa shape index (κ3) is 2.71. The van der Waals surface area contributed by atoms with Crippen LogP contribution in [0.15, 0.2) is 24.3 Å². The van der Waals surface area contributed by atoms with Gasteiger partial charge in [-0.05, 0) is 24.3 Å². The lowest BCUT2D eigenvalue weighted by Gasteiger charge is -2.07. The summed E-state index contributed by atoms with van der Waals surface area (Å²) in [6.07, 6.45) is 0. The van der Waals surface area contributed by atoms with Crippen LogP contribution in [0.1, 0.15) is 11.3 Å². The number of fused-ring (bicyclic) bond motifs is 1. The molecule has 0 aliphatic carbocycles. The fourth-order valence-electron chi connectivity index (χ4n) is 1.93. The van der Waals surface area contributed by atoms with Gasteiger partial charge in [0.1, 0.15) is 10.9 Å². The highest BCUT2D eigenvalue weighted by Gasteiger charge is 2.19. The van der Waals surface area contributed by atoms with Crippen LogP contribution in [0.2, 0.25) is 5.15 Å². The standard InChI is InChI=1S/C13H9ClF2N2OS/c14-11-9-5-20-6-10(9)17-12(18-11)7-1-3-8(4-2-7)19-13(15)16/h1-4,13H,5-6H2. The van der Waals surface area contributed by atoms with E-state index in [-0.39, 0.29) is 5.75 Å². The van der Waals surface area contributed by atoms with Crippen LogP contribution in [0, 0.1) is 0 Å². The Hall–Kier alpha value is -1.40. The summed E-state index contributed by atoms with van der Waals surface area (Å²) in [5.41, 5.74) is 2.64. The van der Waals surface area contributed by atoms with Gasteiger partial charge in [0.15, 0.2) is 5.82 Å². The van der Waals surface area contributed by atoms with Crippen molar-refractivity contribution in [1.82, 2.24) is 9.97 Å². The number of hydrogen-bond donors (Lipinski definition) is 0. The van der Waals surface area contributed by atoms with Crippen LogP contribution in [0.5, 0.6) is 5.75 Å². The number of alkyl halides is 2. The number of benzene rings is 1. The van der Waals surface area contributed by atoms with E-state index in [0.717, 1.165) is 22.8 Å². The Kier molecular flexibility index (Phi) is 3.76. The van der Waals surface area contributed by atoms with Crippen molar-refractivity contribution in [3.63, 3.8) is 0 Å². The van der Waals surface area contributed by atoms with E-state index in [0.29, 0.717) is 16.5 Å². The van der Waals surface area contributed by atoms with Gasteiger partial charge < -0.3 is 4.74 Å². The molecule has 3 rings (SSSR count). The maximum Gasteiger partial charge on any atom is 0.387 e. The summed E-state index contributed by atoms with van der Waals surface area (Å²) in [4.78, 5) is 8.73. The van der Waals surface area contributed by atoms with Crippen LogP contribution in [-0.2, 0) is 11.5 Å². The Bertz CT molecular complexity index is 637. The average molecular weight is 315 g/mol. The molecule has 20 heavy (non-hydrogen) atoms. The van der Waals surface area contributed by atoms with Crippen molar-refractivity contribution in [2.45, 2.75) is 18.1 Å². The first-order valence-electron chi connectivity index (χ1n) is 5.82. The fourth-order valence-corrected chi connectivity index (χ4v) is 3.30. The first-order chi connectivity index (χ1) is 9.63. The number of thioether (sulfide) groups is 1. The molecular formula is C13H9ClF2N2OS. The van der Waals surface area contributed by atoms with E-state index in [4.69, 9.17) is 11.6 Å². The zero-order chi connectivity index (χ0) is 14.1. The second kappa shape index (κ2) is 5.54. The molecule has 0 spiro atoms. The molecule has 0 N–H and O–H groups in total. The quantitative estimate of drug-likeness (QED) is 0.797. The molecule has 1 aliphatic heterocycles. The highest BCUT2D eigenvalue weighted by molar-refractivity contribution is 7.98. The third-order valence-corrected chi connectivity index (χ3v) is 4.15. The number of ether oxygens (including phenoxy) is 1. The molecule has 104 valence electrons. The van der Waals surface area contributed by atoms with Gasteiger partial charge in [-0.1, -0.05) is 11.6 Å². The SMILES string of the molecule is FC(F)Oc1ccc(-c2nc(Cl)c3c(n2)CSC3)cc1. The number of halogens is 3. The van der Waals surface area contributed by atoms with Gasteiger partial charge in [-0.2, -0.15) is 20.5 Å². The molecule has 0 amide bonds. The molecule has 0 atom stereocenters. The van der Waals surface area contributed by atoms with Gasteiger partial charge in [0.05, 0.1) is 5.69 Å². The molecule has 0 saturated carbocycles. The van der Waals surface area contributed by atoms with Crippen molar-refractivity contribution < 1.29 is 13.5 Å². The van der Waals surface area contributed by atoms with Gasteiger partial charge in [-0.15, -0.1) is 0 Å². The van der Waals surface area contributed by atoms with Crippen LogP contribution in [0.4, 0.5) is 8.78 Å². The van der Waals surface area contributed by atoms with Gasteiger partial charge in [0, 0.05) is 22.6 Å². The summed E-state index contributed by atoms with van der Waals surface area (Å²) < 4.78 is 28.5. The molecule has 7 heteroatoms. The molecule has 1 aromatic carbocycles. The molecule has 2 heterocycles. The van der Waals surface area contributed by atoms with Crippen molar-refractivity contribution in [2.75, 3.05) is 0 Å². The summed E-state index contributed by atoms with van der Waals surface area (Å²) in [6.45, 7) is -2.83. The summed E-state index contributed by atoms with van der Waals surface area (Å²) in [5.74, 6) is 2.25. The molecule has 0 bridgehead atoms. The fraction of sp³-hybridized carbons (Fsp3) is 0.231. The number of rotatable bonds is 3. The average Bonchev–Trinajstić information content (AvgIpc) is 2.87. The van der Waals surface area contributed by atoms with Crippen LogP contribution in [0.3, 0.4) is 0 Å². The normalized spacial score (nSPS) is 13.6. The van der Waals surface area contributed by atoms with Crippen molar-refractivity contribution in [1.29, 1.82) is 0 Å². The van der Waals surface area contributed by atoms with E-state index < -0.39 is 6.61 Å². The van der Waals surface area contributed by atoms with E-state index in [1.807, 2.05) is 0 Å². The van der Waals surface area contributed by atoms with Gasteiger partial charge in [-0.25, -0.2) is 9.97 Å². The van der Waals surface area contributed by atoms with Crippen LogP contribution in [-0.4, -0.2) is 16.6 Å². The molecule has 0 fully saturated rings. The predicted molar refractivity (Wildman–Crippen MR) is 74.1 cm³/mol. The van der Waals surface area contributed by atoms with Gasteiger partial charge in [0.25, 0.3) is 0 Å². The van der Waals surface area contributed by atoms with E-state index >= 15 is 0 Å². The summed E-state index contributed by atoms with van der Waals surface area (Å²) in [6, 6.07) is 6.19. The molecule has 0 unspecified atom stereocenters. The minimum Gasteiger partial charge on any atom is -0.435 e. The van der Waals surface area contributed by atoms with Crippen molar-refractivity contribution >= 4 is 23.4 Å². The molecular weight excluding hydrogens is 306 g/mol. The van der Waals surface area contributed by atoms with Gasteiger partial charge in [-0.3, -0.25) is 0 Å². The Labute approximate surface area is 123 Å². The summed E-state index contributed by atoms with van der Waals surface area (Å²) in [7, 11) is 0. The van der Waals surface area contributed by atoms with E-state index in [1.54, 1.807) is 23.9 Å². The zero-order valence-electron chi connectivity index (χ0n) is 10.1. The third-order valence-electron chi connectivity index (χ3n) is 2.87. The summed E-state index contributed by atoms with van der Waals surface area (Å²) >= 11 is 7.88. The Balaban J connectivity index is 1.91. The van der Waals surface area contributed by atoms with Crippen molar-refractivity contribution in [3.8, 4) is 17.1 Å². The molecule has 1 aliphatic rings. The highest BCUT2D eigenvalue weighted by atomic mass is 35.5. The molecule has 3 nitrogen and oxygen atoms in total. The first kappa shape index (κ1) is 13.6. The first-order valence-corrected chi connectivity index (χ1v) is 7.35. The summed E-state index contributed by atoms with van der Waals surface area (Å²) in [5, 5.41) is 0.461. The Morgan fingerprint density at radius 1 is 1.15 bits per heavy atom. The number of aromatic nitrogens is 2. The van der Waals surface area contributed by atoms with Gasteiger partial charge in [0.2, 0.25) is 0 Å². The lowest BCUT2D eigenvalue weighted by atomic mass is 10.2. The Morgan fingerprint density at radius 2 is 1.90 bits per heavy atom. The van der Waals surface area contributed by atoms with E-state index in [9.17, 15) is 8.78 Å². The second-order valence-electron chi connectivity index (χ2n) is 4.16. The predicted octanol–water partition coefficient (Wildman–Crippen LogP) is 4.15. The highest BCUT2D eigenvalue weighted by Crippen LogP contribution is 2.34. The van der Waals surface area contributed by atoms with E-state index in [2.05, 4.69) is 14.7 Å². The van der Waals surface area contributed by atoms with Crippen LogP contribution >= 0.6 is 23.4 Å². The minimum absolute atomic E-state index is 0.103. The zero-order valence-corrected chi connectivity index (χ0v) is 11.7. The maximum absolute atomic E-state index is 12.1. The van der Waals surface area contributed by atoms with Crippen LogP contribution < -0.4 is 4.74 Å². The smallest absolute Gasteiger partial charge is 0.387 e. The number of hydrogen-bond acceptors (Lipinski definition) is 4. The van der Waals surface area contributed by atoms with Gasteiger partial charge >= 0.3 is 6.61 Å². The molecule has 0 radical (unpaired) electrons. The largest absolute Gasteiger partial charge is 0.435 e. The molecule has 2 aromatic rings. The molecule has 0 saturated heterocycles. The maximum atomic E-state index is 12.1. The van der Waals surface area contributed by atoms with Crippen LogP contribution in [0.25, 0.3) is 11.4 Å². The number of nitrogens with zero attached hydrogens (tertiary/aromatic N) is 2. The monoisotopic (exact) mass is 314 g/mol. The Morgan fingerprint density at radius 3 is 2.60 bits per heavy atom. The lowest BCUT2D eigenvalue weighted by Crippen LogP contribution is -2.02. The lowest BCUT2D eigenvalue weighted by molar-refractivity contribution is -0.0498. The topological polar surface area (TPSA) is 35.0 Å².